The molecule has 0 radical (unpaired) electrons. The molecule has 0 aliphatic carbocycles. The Morgan fingerprint density at radius 3 is 2.73 bits per heavy atom. The predicted molar refractivity (Wildman–Crippen MR) is 88.4 cm³/mol. The summed E-state index contributed by atoms with van der Waals surface area (Å²) in [4.78, 5) is 18.3. The molecule has 1 heterocycles. The number of aryl methyl sites for hydroxylation is 1. The van der Waals surface area contributed by atoms with E-state index in [1.54, 1.807) is 17.0 Å². The fraction of sp³-hybridized carbons (Fsp3) is 0.412. The third-order valence-electron chi connectivity index (χ3n) is 3.51. The van der Waals surface area contributed by atoms with Gasteiger partial charge in [0, 0.05) is 31.0 Å². The smallest absolute Gasteiger partial charge is 0.222 e. The lowest BCUT2D eigenvalue weighted by atomic mass is 10.2. The maximum Gasteiger partial charge on any atom is 0.222 e. The maximum absolute atomic E-state index is 12.9. The van der Waals surface area contributed by atoms with E-state index in [1.807, 2.05) is 12.4 Å². The molecule has 3 nitrogen and oxygen atoms in total. The highest BCUT2D eigenvalue weighted by atomic mass is 32.1. The molecular weight excluding hydrogens is 299 g/mol. The molecule has 5 heteroatoms. The fourth-order valence-electron chi connectivity index (χ4n) is 2.09. The van der Waals surface area contributed by atoms with Gasteiger partial charge in [-0.2, -0.15) is 0 Å². The lowest BCUT2D eigenvalue weighted by Gasteiger charge is -2.16. The number of hydrogen-bond donors (Lipinski definition) is 0. The number of carbonyl (C=O) groups excluding carboxylic acids is 1. The molecule has 0 saturated carbocycles. The van der Waals surface area contributed by atoms with Crippen LogP contribution in [-0.4, -0.2) is 29.4 Å². The van der Waals surface area contributed by atoms with Crippen LogP contribution in [0.2, 0.25) is 0 Å². The summed E-state index contributed by atoms with van der Waals surface area (Å²) in [5.74, 6) is -0.0916. The Morgan fingerprint density at radius 2 is 2.05 bits per heavy atom. The van der Waals surface area contributed by atoms with E-state index in [9.17, 15) is 9.18 Å². The highest BCUT2D eigenvalue weighted by Gasteiger charge is 2.10. The number of thiazole rings is 1. The van der Waals surface area contributed by atoms with Crippen molar-refractivity contribution in [3.63, 3.8) is 0 Å². The van der Waals surface area contributed by atoms with Crippen molar-refractivity contribution in [3.05, 3.63) is 41.2 Å². The quantitative estimate of drug-likeness (QED) is 0.768. The third-order valence-corrected chi connectivity index (χ3v) is 4.45. The Labute approximate surface area is 134 Å². The van der Waals surface area contributed by atoms with Crippen LogP contribution in [0.3, 0.4) is 0 Å². The zero-order valence-corrected chi connectivity index (χ0v) is 13.8. The summed E-state index contributed by atoms with van der Waals surface area (Å²) >= 11 is 1.52. The van der Waals surface area contributed by atoms with Crippen LogP contribution in [-0.2, 0) is 11.2 Å². The van der Waals surface area contributed by atoms with E-state index in [4.69, 9.17) is 0 Å². The molecule has 1 aromatic heterocycles. The maximum atomic E-state index is 12.9. The molecule has 0 saturated heterocycles. The van der Waals surface area contributed by atoms with E-state index in [2.05, 4.69) is 11.9 Å². The molecule has 0 unspecified atom stereocenters. The van der Waals surface area contributed by atoms with Crippen LogP contribution in [0.25, 0.3) is 10.6 Å². The van der Waals surface area contributed by atoms with Gasteiger partial charge >= 0.3 is 0 Å². The number of nitrogens with zero attached hydrogens (tertiary/aromatic N) is 2. The molecule has 0 aliphatic rings. The average molecular weight is 320 g/mol. The molecule has 0 aliphatic heterocycles. The van der Waals surface area contributed by atoms with Gasteiger partial charge in [-0.15, -0.1) is 11.3 Å². The lowest BCUT2D eigenvalue weighted by Crippen LogP contribution is -2.27. The first kappa shape index (κ1) is 16.6. The van der Waals surface area contributed by atoms with Gasteiger partial charge in [-0.3, -0.25) is 4.79 Å². The topological polar surface area (TPSA) is 33.2 Å². The second-order valence-corrected chi connectivity index (χ2v) is 6.18. The van der Waals surface area contributed by atoms with Crippen LogP contribution in [0.4, 0.5) is 4.39 Å². The van der Waals surface area contributed by atoms with E-state index in [1.165, 1.54) is 23.5 Å². The van der Waals surface area contributed by atoms with E-state index in [-0.39, 0.29) is 11.7 Å². The molecule has 22 heavy (non-hydrogen) atoms. The Balaban J connectivity index is 1.89. The van der Waals surface area contributed by atoms with Crippen LogP contribution in [0.5, 0.6) is 0 Å². The van der Waals surface area contributed by atoms with Gasteiger partial charge < -0.3 is 4.90 Å². The molecule has 0 fully saturated rings. The molecule has 1 aromatic carbocycles. The Kier molecular flexibility index (Phi) is 6.07. The zero-order valence-electron chi connectivity index (χ0n) is 13.0. The van der Waals surface area contributed by atoms with Crippen molar-refractivity contribution in [2.24, 2.45) is 0 Å². The number of halogens is 1. The first-order valence-corrected chi connectivity index (χ1v) is 8.42. The van der Waals surface area contributed by atoms with Gasteiger partial charge in [0.15, 0.2) is 0 Å². The van der Waals surface area contributed by atoms with Crippen molar-refractivity contribution in [2.45, 2.75) is 32.6 Å². The molecule has 0 N–H and O–H groups in total. The normalized spacial score (nSPS) is 10.7. The number of amides is 1. The number of hydrogen-bond acceptors (Lipinski definition) is 3. The monoisotopic (exact) mass is 320 g/mol. The highest BCUT2D eigenvalue weighted by molar-refractivity contribution is 7.13. The van der Waals surface area contributed by atoms with Crippen LogP contribution in [0.15, 0.2) is 29.6 Å². The Hall–Kier alpha value is -1.75. The van der Waals surface area contributed by atoms with E-state index in [0.717, 1.165) is 35.7 Å². The minimum absolute atomic E-state index is 0.157. The minimum atomic E-state index is -0.249. The first-order chi connectivity index (χ1) is 10.6. The van der Waals surface area contributed by atoms with E-state index in [0.29, 0.717) is 12.8 Å². The van der Waals surface area contributed by atoms with Crippen molar-refractivity contribution in [3.8, 4) is 10.6 Å². The van der Waals surface area contributed by atoms with Gasteiger partial charge in [0.05, 0.1) is 5.69 Å². The number of rotatable bonds is 7. The largest absolute Gasteiger partial charge is 0.346 e. The Bertz CT molecular complexity index is 609. The predicted octanol–water partition coefficient (Wildman–Crippen LogP) is 4.14. The zero-order chi connectivity index (χ0) is 15.9. The molecular formula is C17H21FN2OS. The van der Waals surface area contributed by atoms with Crippen molar-refractivity contribution in [1.29, 1.82) is 0 Å². The minimum Gasteiger partial charge on any atom is -0.346 e. The molecule has 0 spiro atoms. The van der Waals surface area contributed by atoms with Gasteiger partial charge in [-0.05, 0) is 37.1 Å². The van der Waals surface area contributed by atoms with Crippen LogP contribution in [0.1, 0.15) is 31.9 Å². The molecule has 2 rings (SSSR count). The molecule has 0 atom stereocenters. The summed E-state index contributed by atoms with van der Waals surface area (Å²) < 4.78 is 12.9. The van der Waals surface area contributed by atoms with Gasteiger partial charge in [0.2, 0.25) is 5.91 Å². The molecule has 118 valence electrons. The standard InChI is InChI=1S/C17H21FN2OS/c1-3-4-11-20(2)16(21)10-9-15-12-22-17(19-15)13-5-7-14(18)8-6-13/h5-8,12H,3-4,9-11H2,1-2H3. The van der Waals surface area contributed by atoms with Crippen LogP contribution >= 0.6 is 11.3 Å². The van der Waals surface area contributed by atoms with Crippen molar-refractivity contribution < 1.29 is 9.18 Å². The molecule has 2 aromatic rings. The summed E-state index contributed by atoms with van der Waals surface area (Å²) in [6, 6.07) is 6.31. The van der Waals surface area contributed by atoms with Crippen LogP contribution in [0, 0.1) is 5.82 Å². The first-order valence-electron chi connectivity index (χ1n) is 7.54. The number of carbonyl (C=O) groups is 1. The number of unbranched alkanes of at least 4 members (excludes halogenated alkanes) is 1. The molecule has 0 bridgehead atoms. The summed E-state index contributed by atoms with van der Waals surface area (Å²) in [7, 11) is 1.85. The lowest BCUT2D eigenvalue weighted by molar-refractivity contribution is -0.129. The highest BCUT2D eigenvalue weighted by Crippen LogP contribution is 2.24. The summed E-state index contributed by atoms with van der Waals surface area (Å²) in [5.41, 5.74) is 1.82. The van der Waals surface area contributed by atoms with Gasteiger partial charge in [-0.1, -0.05) is 13.3 Å². The summed E-state index contributed by atoms with van der Waals surface area (Å²) in [6.07, 6.45) is 3.25. The second-order valence-electron chi connectivity index (χ2n) is 5.32. The van der Waals surface area contributed by atoms with E-state index >= 15 is 0 Å². The van der Waals surface area contributed by atoms with Gasteiger partial charge in [-0.25, -0.2) is 9.37 Å². The van der Waals surface area contributed by atoms with Crippen LogP contribution < -0.4 is 0 Å². The number of benzene rings is 1. The van der Waals surface area contributed by atoms with Crippen molar-refractivity contribution in [1.82, 2.24) is 9.88 Å². The summed E-state index contributed by atoms with van der Waals surface area (Å²) in [5, 5.41) is 2.83. The van der Waals surface area contributed by atoms with Gasteiger partial charge in [0.25, 0.3) is 0 Å². The Morgan fingerprint density at radius 1 is 1.32 bits per heavy atom. The third kappa shape index (κ3) is 4.63. The molecule has 1 amide bonds. The SMILES string of the molecule is CCCCN(C)C(=O)CCc1csc(-c2ccc(F)cc2)n1. The number of aromatic nitrogens is 1. The fourth-order valence-corrected chi connectivity index (χ4v) is 2.95. The van der Waals surface area contributed by atoms with E-state index < -0.39 is 0 Å². The second kappa shape index (κ2) is 8.03. The average Bonchev–Trinajstić information content (AvgIpc) is 2.99. The summed E-state index contributed by atoms with van der Waals surface area (Å²) in [6.45, 7) is 2.93. The van der Waals surface area contributed by atoms with Gasteiger partial charge in [0.1, 0.15) is 10.8 Å². The van der Waals surface area contributed by atoms with Crippen molar-refractivity contribution >= 4 is 17.2 Å². The van der Waals surface area contributed by atoms with Crippen molar-refractivity contribution in [2.75, 3.05) is 13.6 Å².